The van der Waals surface area contributed by atoms with Crippen LogP contribution in [0.15, 0.2) is 30.5 Å². The maximum absolute atomic E-state index is 16.5. The molecule has 0 unspecified atom stereocenters. The minimum Gasteiger partial charge on any atom is -0.508 e. The number of phenolic OH excluding ortho intramolecular Hbond substituents is 1. The number of aromatic nitrogens is 3. The molecule has 0 amide bonds. The van der Waals surface area contributed by atoms with Gasteiger partial charge in [0, 0.05) is 42.9 Å². The average molecular weight is 546 g/mol. The third kappa shape index (κ3) is 4.76. The van der Waals surface area contributed by atoms with Crippen molar-refractivity contribution in [2.75, 3.05) is 51.4 Å². The van der Waals surface area contributed by atoms with Crippen LogP contribution in [-0.2, 0) is 4.74 Å². The Balaban J connectivity index is 1.53. The van der Waals surface area contributed by atoms with Crippen molar-refractivity contribution in [3.63, 3.8) is 0 Å². The Labute approximate surface area is 230 Å². The highest BCUT2D eigenvalue weighted by Gasteiger charge is 2.26. The Hall–Kier alpha value is -4.07. The number of phenols is 1. The van der Waals surface area contributed by atoms with E-state index in [1.54, 1.807) is 0 Å². The van der Waals surface area contributed by atoms with Crippen molar-refractivity contribution < 1.29 is 23.4 Å². The number of likely N-dealkylation sites (N-methyl/N-ethyl adjacent to an activating group) is 1. The molecule has 2 aromatic heterocycles. The summed E-state index contributed by atoms with van der Waals surface area (Å²) in [5.74, 6) is 1.39. The number of nitrogens with zero attached hydrogens (tertiary/aromatic N) is 5. The minimum absolute atomic E-state index is 0.0186. The van der Waals surface area contributed by atoms with Crippen LogP contribution >= 0.6 is 0 Å². The van der Waals surface area contributed by atoms with E-state index < -0.39 is 11.6 Å². The molecule has 40 heavy (non-hydrogen) atoms. The fourth-order valence-corrected chi connectivity index (χ4v) is 5.59. The molecular weight excluding hydrogens is 516 g/mol. The standard InChI is InChI=1S/C30H29F2N5O3/c1-3-21-24(31)8-7-18-14-20(38)15-22(25(18)21)27-26(32)28-23(16-33-27)29(37-10-5-12-39-13-11-37)35-30(34-28)40-17-19-6-4-9-36(19)2/h1,7-8,14-16,19,38H,4-6,9-13,17H2,2H3/t19-/m1/s1. The molecule has 6 rings (SSSR count). The molecule has 206 valence electrons. The van der Waals surface area contributed by atoms with E-state index in [2.05, 4.69) is 27.8 Å². The zero-order chi connectivity index (χ0) is 27.8. The molecule has 8 nitrogen and oxygen atoms in total. The molecule has 4 heterocycles. The lowest BCUT2D eigenvalue weighted by atomic mass is 9.96. The zero-order valence-electron chi connectivity index (χ0n) is 22.2. The summed E-state index contributed by atoms with van der Waals surface area (Å²) >= 11 is 0. The minimum atomic E-state index is -0.741. The molecular formula is C30H29F2N5O3. The highest BCUT2D eigenvalue weighted by Crippen LogP contribution is 2.38. The van der Waals surface area contributed by atoms with E-state index >= 15 is 4.39 Å². The average Bonchev–Trinajstić information content (AvgIpc) is 3.17. The predicted molar refractivity (Wildman–Crippen MR) is 149 cm³/mol. The maximum Gasteiger partial charge on any atom is 0.319 e. The summed E-state index contributed by atoms with van der Waals surface area (Å²) in [5, 5.41) is 11.6. The Kier molecular flexibility index (Phi) is 7.09. The van der Waals surface area contributed by atoms with Crippen LogP contribution in [0.2, 0.25) is 0 Å². The number of anilines is 1. The Morgan fingerprint density at radius 3 is 2.83 bits per heavy atom. The number of ether oxygens (including phenoxy) is 2. The van der Waals surface area contributed by atoms with Crippen LogP contribution in [0.1, 0.15) is 24.8 Å². The second-order valence-electron chi connectivity index (χ2n) is 10.2. The van der Waals surface area contributed by atoms with Gasteiger partial charge in [-0.1, -0.05) is 12.0 Å². The summed E-state index contributed by atoms with van der Waals surface area (Å²) in [6, 6.07) is 5.79. The van der Waals surface area contributed by atoms with Crippen LogP contribution in [0.25, 0.3) is 32.9 Å². The molecule has 1 N–H and O–H groups in total. The number of likely N-dealkylation sites (tertiary alicyclic amines) is 1. The van der Waals surface area contributed by atoms with Crippen molar-refractivity contribution in [2.24, 2.45) is 0 Å². The van der Waals surface area contributed by atoms with E-state index in [9.17, 15) is 9.50 Å². The lowest BCUT2D eigenvalue weighted by molar-refractivity contribution is 0.152. The number of rotatable bonds is 5. The molecule has 0 spiro atoms. The lowest BCUT2D eigenvalue weighted by Crippen LogP contribution is -2.31. The smallest absolute Gasteiger partial charge is 0.319 e. The van der Waals surface area contributed by atoms with Gasteiger partial charge in [0.05, 0.1) is 17.6 Å². The molecule has 2 saturated heterocycles. The Morgan fingerprint density at radius 1 is 1.15 bits per heavy atom. The summed E-state index contributed by atoms with van der Waals surface area (Å²) in [7, 11) is 2.05. The van der Waals surface area contributed by atoms with Crippen molar-refractivity contribution >= 4 is 27.5 Å². The lowest BCUT2D eigenvalue weighted by Gasteiger charge is -2.24. The quantitative estimate of drug-likeness (QED) is 0.367. The molecule has 10 heteroatoms. The summed E-state index contributed by atoms with van der Waals surface area (Å²) in [4.78, 5) is 17.9. The van der Waals surface area contributed by atoms with Crippen LogP contribution in [0.5, 0.6) is 11.8 Å². The third-order valence-corrected chi connectivity index (χ3v) is 7.69. The first-order valence-electron chi connectivity index (χ1n) is 13.4. The predicted octanol–water partition coefficient (Wildman–Crippen LogP) is 4.51. The van der Waals surface area contributed by atoms with Crippen molar-refractivity contribution in [2.45, 2.75) is 25.3 Å². The summed E-state index contributed by atoms with van der Waals surface area (Å²) in [5.41, 5.74) is 0.0394. The monoisotopic (exact) mass is 545 g/mol. The van der Waals surface area contributed by atoms with Crippen LogP contribution in [-0.4, -0.2) is 77.5 Å². The van der Waals surface area contributed by atoms with Crippen LogP contribution < -0.4 is 9.64 Å². The number of hydrogen-bond acceptors (Lipinski definition) is 8. The van der Waals surface area contributed by atoms with E-state index in [4.69, 9.17) is 20.9 Å². The SMILES string of the molecule is C#Cc1c(F)ccc2cc(O)cc(-c3ncc4c(N5CCCOCC5)nc(OC[C@H]5CCCN5C)nc4c3F)c12. The highest BCUT2D eigenvalue weighted by molar-refractivity contribution is 6.03. The van der Waals surface area contributed by atoms with E-state index in [1.807, 2.05) is 4.90 Å². The topological polar surface area (TPSA) is 83.8 Å². The molecule has 2 aromatic carbocycles. The molecule has 2 aliphatic rings. The number of terminal acetylenes is 1. The van der Waals surface area contributed by atoms with Gasteiger partial charge >= 0.3 is 6.01 Å². The largest absolute Gasteiger partial charge is 0.508 e. The maximum atomic E-state index is 16.5. The summed E-state index contributed by atoms with van der Waals surface area (Å²) < 4.78 is 42.8. The number of hydrogen-bond donors (Lipinski definition) is 1. The van der Waals surface area contributed by atoms with Gasteiger partial charge in [-0.25, -0.2) is 8.78 Å². The molecule has 0 radical (unpaired) electrons. The fourth-order valence-electron chi connectivity index (χ4n) is 5.59. The molecule has 0 saturated carbocycles. The number of halogens is 2. The molecule has 4 aromatic rings. The molecule has 0 bridgehead atoms. The first-order chi connectivity index (χ1) is 19.4. The van der Waals surface area contributed by atoms with E-state index in [-0.39, 0.29) is 45.5 Å². The van der Waals surface area contributed by atoms with Crippen molar-refractivity contribution in [3.8, 4) is 35.4 Å². The van der Waals surface area contributed by atoms with Crippen molar-refractivity contribution in [3.05, 3.63) is 47.7 Å². The third-order valence-electron chi connectivity index (χ3n) is 7.69. The van der Waals surface area contributed by atoms with Gasteiger partial charge in [-0.05, 0) is 56.4 Å². The summed E-state index contributed by atoms with van der Waals surface area (Å²) in [6.07, 6.45) is 10.0. The normalized spacial score (nSPS) is 18.2. The van der Waals surface area contributed by atoms with Gasteiger partial charge in [0.2, 0.25) is 0 Å². The summed E-state index contributed by atoms with van der Waals surface area (Å²) in [6.45, 7) is 3.76. The van der Waals surface area contributed by atoms with Gasteiger partial charge in [0.1, 0.15) is 35.2 Å². The molecule has 2 fully saturated rings. The van der Waals surface area contributed by atoms with E-state index in [1.165, 1.54) is 30.5 Å². The fraction of sp³-hybridized carbons (Fsp3) is 0.367. The molecule has 2 aliphatic heterocycles. The van der Waals surface area contributed by atoms with E-state index in [0.717, 1.165) is 25.8 Å². The van der Waals surface area contributed by atoms with Gasteiger partial charge in [-0.3, -0.25) is 4.98 Å². The van der Waals surface area contributed by atoms with Crippen LogP contribution in [0.4, 0.5) is 14.6 Å². The van der Waals surface area contributed by atoms with Crippen molar-refractivity contribution in [1.29, 1.82) is 0 Å². The van der Waals surface area contributed by atoms with Crippen LogP contribution in [0, 0.1) is 24.0 Å². The molecule has 1 atom stereocenters. The van der Waals surface area contributed by atoms with Gasteiger partial charge in [-0.15, -0.1) is 6.42 Å². The second kappa shape index (κ2) is 10.8. The Morgan fingerprint density at radius 2 is 2.02 bits per heavy atom. The van der Waals surface area contributed by atoms with E-state index in [0.29, 0.717) is 49.5 Å². The van der Waals surface area contributed by atoms with Gasteiger partial charge in [-0.2, -0.15) is 9.97 Å². The molecule has 0 aliphatic carbocycles. The number of pyridine rings is 1. The second-order valence-corrected chi connectivity index (χ2v) is 10.2. The number of aromatic hydroxyl groups is 1. The van der Waals surface area contributed by atoms with Gasteiger partial charge < -0.3 is 24.4 Å². The number of fused-ring (bicyclic) bond motifs is 2. The zero-order valence-corrected chi connectivity index (χ0v) is 22.2. The van der Waals surface area contributed by atoms with Gasteiger partial charge in [0.15, 0.2) is 5.82 Å². The first-order valence-corrected chi connectivity index (χ1v) is 13.4. The Bertz CT molecular complexity index is 1630. The highest BCUT2D eigenvalue weighted by atomic mass is 19.1. The van der Waals surface area contributed by atoms with Gasteiger partial charge in [0.25, 0.3) is 0 Å². The number of benzene rings is 2. The van der Waals surface area contributed by atoms with Crippen molar-refractivity contribution in [1.82, 2.24) is 19.9 Å². The first kappa shape index (κ1) is 26.2. The van der Waals surface area contributed by atoms with Crippen LogP contribution in [0.3, 0.4) is 0 Å².